The van der Waals surface area contributed by atoms with Crippen molar-refractivity contribution in [2.75, 3.05) is 10.3 Å². The predicted molar refractivity (Wildman–Crippen MR) is 99.0 cm³/mol. The molecule has 8 nitrogen and oxygen atoms in total. The summed E-state index contributed by atoms with van der Waals surface area (Å²) in [4.78, 5) is 24.6. The van der Waals surface area contributed by atoms with Crippen LogP contribution in [0, 0.1) is 0 Å². The fraction of sp³-hybridized carbons (Fsp3) is 0.105. The highest BCUT2D eigenvalue weighted by molar-refractivity contribution is 6.43. The maximum absolute atomic E-state index is 12.5. The van der Waals surface area contributed by atoms with Crippen molar-refractivity contribution in [1.82, 2.24) is 10.2 Å². The Bertz CT molecular complexity index is 998. The molecular weight excluding hydrogens is 346 g/mol. The lowest BCUT2D eigenvalue weighted by Gasteiger charge is -2.22. The number of nitrogens with zero attached hydrogens (tertiary/aromatic N) is 4. The molecule has 0 radical (unpaired) electrons. The van der Waals surface area contributed by atoms with Crippen molar-refractivity contribution in [2.24, 2.45) is 5.10 Å². The molecule has 0 saturated carbocycles. The Morgan fingerprint density at radius 2 is 1.67 bits per heavy atom. The molecule has 1 aromatic heterocycles. The minimum absolute atomic E-state index is 0.0234. The van der Waals surface area contributed by atoms with E-state index < -0.39 is 5.91 Å². The van der Waals surface area contributed by atoms with E-state index >= 15 is 0 Å². The molecule has 134 valence electrons. The Labute approximate surface area is 154 Å². The number of anilines is 2. The van der Waals surface area contributed by atoms with Gasteiger partial charge in [-0.2, -0.15) is 5.10 Å². The lowest BCUT2D eigenvalue weighted by molar-refractivity contribution is -0.118. The molecule has 1 aliphatic rings. The first-order chi connectivity index (χ1) is 13.2. The number of benzene rings is 2. The van der Waals surface area contributed by atoms with Crippen molar-refractivity contribution in [3.8, 4) is 11.5 Å². The summed E-state index contributed by atoms with van der Waals surface area (Å²) in [6.45, 7) is 0. The van der Waals surface area contributed by atoms with Crippen molar-refractivity contribution in [3.63, 3.8) is 0 Å². The highest BCUT2D eigenvalue weighted by Crippen LogP contribution is 2.21. The van der Waals surface area contributed by atoms with Crippen molar-refractivity contribution in [2.45, 2.75) is 12.8 Å². The van der Waals surface area contributed by atoms with E-state index in [9.17, 15) is 9.59 Å². The fourth-order valence-corrected chi connectivity index (χ4v) is 2.63. The van der Waals surface area contributed by atoms with E-state index in [0.29, 0.717) is 11.6 Å². The number of hydrogen-bond acceptors (Lipinski definition) is 6. The molecule has 1 N–H and O–H groups in total. The van der Waals surface area contributed by atoms with Gasteiger partial charge in [0.2, 0.25) is 11.8 Å². The zero-order chi connectivity index (χ0) is 18.6. The zero-order valence-electron chi connectivity index (χ0n) is 14.2. The molecule has 0 spiro atoms. The molecule has 8 heteroatoms. The van der Waals surface area contributed by atoms with Crippen molar-refractivity contribution >= 4 is 29.2 Å². The van der Waals surface area contributed by atoms with Gasteiger partial charge in [0.05, 0.1) is 5.69 Å². The molecule has 4 rings (SSSR count). The first kappa shape index (κ1) is 16.6. The molecule has 0 aliphatic carbocycles. The summed E-state index contributed by atoms with van der Waals surface area (Å²) >= 11 is 0. The fourth-order valence-electron chi connectivity index (χ4n) is 2.63. The standard InChI is InChI=1S/C19H15N5O3/c25-16-12-11-15(23-24(16)14-9-5-2-6-10-14)17(26)20-19-22-21-18(27-19)13-7-3-1-4-8-13/h1-10H,11-12H2,(H,20,22,26). The number of para-hydroxylation sites is 1. The first-order valence-corrected chi connectivity index (χ1v) is 8.36. The maximum atomic E-state index is 12.5. The second kappa shape index (κ2) is 7.20. The molecule has 0 atom stereocenters. The van der Waals surface area contributed by atoms with Crippen LogP contribution < -0.4 is 10.3 Å². The van der Waals surface area contributed by atoms with Gasteiger partial charge in [-0.05, 0) is 24.3 Å². The van der Waals surface area contributed by atoms with E-state index in [0.717, 1.165) is 5.56 Å². The van der Waals surface area contributed by atoms with Crippen LogP contribution in [-0.2, 0) is 9.59 Å². The average Bonchev–Trinajstić information content (AvgIpc) is 3.18. The lowest BCUT2D eigenvalue weighted by Crippen LogP contribution is -2.36. The minimum Gasteiger partial charge on any atom is -0.403 e. The van der Waals surface area contributed by atoms with Gasteiger partial charge < -0.3 is 4.42 Å². The van der Waals surface area contributed by atoms with E-state index in [1.165, 1.54) is 5.01 Å². The number of carbonyl (C=O) groups is 2. The van der Waals surface area contributed by atoms with E-state index in [4.69, 9.17) is 4.42 Å². The van der Waals surface area contributed by atoms with Crippen LogP contribution in [0.3, 0.4) is 0 Å². The maximum Gasteiger partial charge on any atom is 0.322 e. The zero-order valence-corrected chi connectivity index (χ0v) is 14.2. The third-order valence-electron chi connectivity index (χ3n) is 3.96. The topological polar surface area (TPSA) is 101 Å². The van der Waals surface area contributed by atoms with Gasteiger partial charge in [-0.3, -0.25) is 14.9 Å². The summed E-state index contributed by atoms with van der Waals surface area (Å²) in [5, 5.41) is 15.7. The van der Waals surface area contributed by atoms with Gasteiger partial charge in [0.1, 0.15) is 5.71 Å². The van der Waals surface area contributed by atoms with Crippen LogP contribution >= 0.6 is 0 Å². The quantitative estimate of drug-likeness (QED) is 0.770. The molecule has 0 saturated heterocycles. The molecule has 1 aliphatic heterocycles. The Balaban J connectivity index is 1.51. The summed E-state index contributed by atoms with van der Waals surface area (Å²) in [5.41, 5.74) is 1.58. The van der Waals surface area contributed by atoms with E-state index in [1.807, 2.05) is 36.4 Å². The van der Waals surface area contributed by atoms with Crippen LogP contribution in [0.5, 0.6) is 0 Å². The number of hydrazone groups is 1. The SMILES string of the molecule is O=C(Nc1nnc(-c2ccccc2)o1)C1=NN(c2ccccc2)C(=O)CC1. The number of nitrogens with one attached hydrogen (secondary N) is 1. The molecular formula is C19H15N5O3. The van der Waals surface area contributed by atoms with Crippen LogP contribution in [0.2, 0.25) is 0 Å². The van der Waals surface area contributed by atoms with E-state index in [1.54, 1.807) is 24.3 Å². The number of aromatic nitrogens is 2. The third kappa shape index (κ3) is 3.59. The van der Waals surface area contributed by atoms with E-state index in [2.05, 4.69) is 20.6 Å². The lowest BCUT2D eigenvalue weighted by atomic mass is 10.1. The van der Waals surface area contributed by atoms with Gasteiger partial charge in [-0.1, -0.05) is 41.5 Å². The van der Waals surface area contributed by atoms with Crippen LogP contribution in [0.15, 0.2) is 70.2 Å². The summed E-state index contributed by atoms with van der Waals surface area (Å²) in [5.74, 6) is -0.342. The number of rotatable bonds is 4. The highest BCUT2D eigenvalue weighted by Gasteiger charge is 2.26. The largest absolute Gasteiger partial charge is 0.403 e. The molecule has 3 aromatic rings. The molecule has 2 heterocycles. The molecule has 2 aromatic carbocycles. The smallest absolute Gasteiger partial charge is 0.322 e. The normalized spacial score (nSPS) is 14.0. The number of carbonyl (C=O) groups excluding carboxylic acids is 2. The monoisotopic (exact) mass is 361 g/mol. The highest BCUT2D eigenvalue weighted by atomic mass is 16.4. The summed E-state index contributed by atoms with van der Waals surface area (Å²) in [6, 6.07) is 18.2. The molecule has 0 fully saturated rings. The predicted octanol–water partition coefficient (Wildman–Crippen LogP) is 2.86. The van der Waals surface area contributed by atoms with Gasteiger partial charge in [-0.15, -0.1) is 5.10 Å². The first-order valence-electron chi connectivity index (χ1n) is 8.36. The van der Waals surface area contributed by atoms with Crippen molar-refractivity contribution in [3.05, 3.63) is 60.7 Å². The Kier molecular flexibility index (Phi) is 4.44. The van der Waals surface area contributed by atoms with Crippen LogP contribution in [-0.4, -0.2) is 27.7 Å². The minimum atomic E-state index is -0.480. The van der Waals surface area contributed by atoms with Gasteiger partial charge in [-0.25, -0.2) is 5.01 Å². The molecule has 0 bridgehead atoms. The molecule has 2 amide bonds. The number of hydrogen-bond donors (Lipinski definition) is 1. The molecule has 0 unspecified atom stereocenters. The average molecular weight is 361 g/mol. The van der Waals surface area contributed by atoms with Crippen LogP contribution in [0.4, 0.5) is 11.7 Å². The van der Waals surface area contributed by atoms with Gasteiger partial charge in [0, 0.05) is 18.4 Å². The second-order valence-corrected chi connectivity index (χ2v) is 5.82. The van der Waals surface area contributed by atoms with Crippen LogP contribution in [0.1, 0.15) is 12.8 Å². The molecule has 27 heavy (non-hydrogen) atoms. The Morgan fingerprint density at radius 1 is 0.963 bits per heavy atom. The second-order valence-electron chi connectivity index (χ2n) is 5.82. The summed E-state index contributed by atoms with van der Waals surface area (Å²) in [6.07, 6.45) is 0.438. The summed E-state index contributed by atoms with van der Waals surface area (Å²) in [7, 11) is 0. The van der Waals surface area contributed by atoms with Crippen LogP contribution in [0.25, 0.3) is 11.5 Å². The van der Waals surface area contributed by atoms with Crippen molar-refractivity contribution < 1.29 is 14.0 Å². The van der Waals surface area contributed by atoms with Gasteiger partial charge in [0.25, 0.3) is 5.91 Å². The van der Waals surface area contributed by atoms with Gasteiger partial charge >= 0.3 is 6.01 Å². The Hall–Kier alpha value is -3.81. The number of amides is 2. The van der Waals surface area contributed by atoms with Crippen molar-refractivity contribution in [1.29, 1.82) is 0 Å². The van der Waals surface area contributed by atoms with Gasteiger partial charge in [0.15, 0.2) is 0 Å². The Morgan fingerprint density at radius 3 is 2.41 bits per heavy atom. The third-order valence-corrected chi connectivity index (χ3v) is 3.96. The van der Waals surface area contributed by atoms with E-state index in [-0.39, 0.29) is 30.5 Å². The summed E-state index contributed by atoms with van der Waals surface area (Å²) < 4.78 is 5.47.